The van der Waals surface area contributed by atoms with Crippen molar-refractivity contribution < 1.29 is 9.59 Å². The van der Waals surface area contributed by atoms with E-state index in [1.807, 2.05) is 0 Å². The van der Waals surface area contributed by atoms with Gasteiger partial charge in [-0.05, 0) is 60.7 Å². The smallest absolute Gasteiger partial charge is 0.255 e. The fraction of sp³-hybridized carbons (Fsp3) is 0. The standard InChI is InChI=1S/C20H18N4O2/c21-15-9-7-13(8-10-15)19(25)23-17-5-1-3-14(11-17)20(26)24-18-6-2-4-16(22)12-18/h1-12H,21-22H2,(H,23,25)(H,24,26). The van der Waals surface area contributed by atoms with Gasteiger partial charge in [-0.15, -0.1) is 0 Å². The lowest BCUT2D eigenvalue weighted by molar-refractivity contribution is 0.101. The molecule has 3 rings (SSSR count). The summed E-state index contributed by atoms with van der Waals surface area (Å²) in [6, 6.07) is 20.2. The molecule has 6 N–H and O–H groups in total. The lowest BCUT2D eigenvalue weighted by Gasteiger charge is -2.09. The number of rotatable bonds is 4. The Hall–Kier alpha value is -3.80. The Bertz CT molecular complexity index is 952. The Morgan fingerprint density at radius 2 is 1.19 bits per heavy atom. The van der Waals surface area contributed by atoms with Crippen molar-refractivity contribution in [3.63, 3.8) is 0 Å². The van der Waals surface area contributed by atoms with E-state index in [1.165, 1.54) is 0 Å². The predicted molar refractivity (Wildman–Crippen MR) is 104 cm³/mol. The zero-order valence-corrected chi connectivity index (χ0v) is 13.9. The van der Waals surface area contributed by atoms with Crippen LogP contribution in [-0.2, 0) is 0 Å². The molecule has 0 heterocycles. The Labute approximate surface area is 150 Å². The molecule has 0 atom stereocenters. The van der Waals surface area contributed by atoms with Gasteiger partial charge in [-0.1, -0.05) is 12.1 Å². The lowest BCUT2D eigenvalue weighted by atomic mass is 10.1. The minimum Gasteiger partial charge on any atom is -0.399 e. The Morgan fingerprint density at radius 1 is 0.615 bits per heavy atom. The second-order valence-electron chi connectivity index (χ2n) is 5.74. The third kappa shape index (κ3) is 4.18. The second-order valence-corrected chi connectivity index (χ2v) is 5.74. The van der Waals surface area contributed by atoms with Crippen LogP contribution < -0.4 is 22.1 Å². The van der Waals surface area contributed by atoms with Gasteiger partial charge in [0.2, 0.25) is 0 Å². The molecule has 0 fully saturated rings. The average molecular weight is 346 g/mol. The first-order valence-corrected chi connectivity index (χ1v) is 7.95. The quantitative estimate of drug-likeness (QED) is 0.543. The van der Waals surface area contributed by atoms with Gasteiger partial charge in [0.1, 0.15) is 0 Å². The zero-order chi connectivity index (χ0) is 18.5. The van der Waals surface area contributed by atoms with Crippen molar-refractivity contribution in [1.29, 1.82) is 0 Å². The molecule has 0 saturated carbocycles. The van der Waals surface area contributed by atoms with Crippen LogP contribution in [-0.4, -0.2) is 11.8 Å². The summed E-state index contributed by atoms with van der Waals surface area (Å²) < 4.78 is 0. The molecule has 2 amide bonds. The predicted octanol–water partition coefficient (Wildman–Crippen LogP) is 3.36. The van der Waals surface area contributed by atoms with Crippen molar-refractivity contribution in [3.8, 4) is 0 Å². The summed E-state index contributed by atoms with van der Waals surface area (Å²) in [7, 11) is 0. The van der Waals surface area contributed by atoms with E-state index in [-0.39, 0.29) is 11.8 Å². The fourth-order valence-electron chi connectivity index (χ4n) is 2.40. The second kappa shape index (κ2) is 7.40. The number of carbonyl (C=O) groups is 2. The summed E-state index contributed by atoms with van der Waals surface area (Å²) >= 11 is 0. The molecule has 26 heavy (non-hydrogen) atoms. The number of nitrogens with one attached hydrogen (secondary N) is 2. The van der Waals surface area contributed by atoms with Crippen LogP contribution in [0.1, 0.15) is 20.7 Å². The molecule has 0 aromatic heterocycles. The van der Waals surface area contributed by atoms with E-state index in [1.54, 1.807) is 72.8 Å². The number of carbonyl (C=O) groups excluding carboxylic acids is 2. The first kappa shape index (κ1) is 17.0. The van der Waals surface area contributed by atoms with Crippen LogP contribution in [0.3, 0.4) is 0 Å². The maximum atomic E-state index is 12.4. The third-order valence-electron chi connectivity index (χ3n) is 3.70. The molecule has 0 aliphatic carbocycles. The van der Waals surface area contributed by atoms with Crippen molar-refractivity contribution in [1.82, 2.24) is 0 Å². The SMILES string of the molecule is Nc1ccc(C(=O)Nc2cccc(C(=O)Nc3cccc(N)c3)c2)cc1. The number of hydrogen-bond acceptors (Lipinski definition) is 4. The number of nitrogens with two attached hydrogens (primary N) is 2. The van der Waals surface area contributed by atoms with Crippen molar-refractivity contribution in [2.75, 3.05) is 22.1 Å². The van der Waals surface area contributed by atoms with Gasteiger partial charge in [-0.3, -0.25) is 9.59 Å². The minimum absolute atomic E-state index is 0.279. The molecule has 0 bridgehead atoms. The Balaban J connectivity index is 1.72. The number of benzene rings is 3. The summed E-state index contributed by atoms with van der Waals surface area (Å²) in [5, 5.41) is 5.54. The van der Waals surface area contributed by atoms with Gasteiger partial charge in [-0.2, -0.15) is 0 Å². The van der Waals surface area contributed by atoms with Gasteiger partial charge in [-0.25, -0.2) is 0 Å². The van der Waals surface area contributed by atoms with E-state index in [0.717, 1.165) is 0 Å². The normalized spacial score (nSPS) is 10.2. The minimum atomic E-state index is -0.292. The van der Waals surface area contributed by atoms with Gasteiger partial charge >= 0.3 is 0 Å². The van der Waals surface area contributed by atoms with Gasteiger partial charge < -0.3 is 22.1 Å². The van der Waals surface area contributed by atoms with Crippen LogP contribution in [0, 0.1) is 0 Å². The fourth-order valence-corrected chi connectivity index (χ4v) is 2.40. The highest BCUT2D eigenvalue weighted by molar-refractivity contribution is 6.07. The topological polar surface area (TPSA) is 110 Å². The maximum absolute atomic E-state index is 12.4. The summed E-state index contributed by atoms with van der Waals surface area (Å²) in [4.78, 5) is 24.7. The molecule has 3 aromatic rings. The monoisotopic (exact) mass is 346 g/mol. The van der Waals surface area contributed by atoms with Crippen molar-refractivity contribution in [2.24, 2.45) is 0 Å². The molecule has 6 heteroatoms. The third-order valence-corrected chi connectivity index (χ3v) is 3.70. The largest absolute Gasteiger partial charge is 0.399 e. The summed E-state index contributed by atoms with van der Waals surface area (Å²) in [5.74, 6) is -0.572. The van der Waals surface area contributed by atoms with Gasteiger partial charge in [0.15, 0.2) is 0 Å². The maximum Gasteiger partial charge on any atom is 0.255 e. The van der Waals surface area contributed by atoms with E-state index >= 15 is 0 Å². The first-order valence-electron chi connectivity index (χ1n) is 7.95. The highest BCUT2D eigenvalue weighted by Gasteiger charge is 2.10. The molecule has 0 radical (unpaired) electrons. The molecule has 130 valence electrons. The van der Waals surface area contributed by atoms with Crippen LogP contribution in [0.4, 0.5) is 22.7 Å². The summed E-state index contributed by atoms with van der Waals surface area (Å²) in [6.07, 6.45) is 0. The van der Waals surface area contributed by atoms with Crippen LogP contribution in [0.25, 0.3) is 0 Å². The average Bonchev–Trinajstić information content (AvgIpc) is 2.62. The number of nitrogen functional groups attached to an aromatic ring is 2. The van der Waals surface area contributed by atoms with E-state index in [4.69, 9.17) is 11.5 Å². The molecule has 0 unspecified atom stereocenters. The Kier molecular flexibility index (Phi) is 4.85. The van der Waals surface area contributed by atoms with E-state index in [2.05, 4.69) is 10.6 Å². The summed E-state index contributed by atoms with van der Waals surface area (Å²) in [6.45, 7) is 0. The molecule has 0 saturated heterocycles. The highest BCUT2D eigenvalue weighted by atomic mass is 16.2. The van der Waals surface area contributed by atoms with Crippen LogP contribution >= 0.6 is 0 Å². The zero-order valence-electron chi connectivity index (χ0n) is 13.9. The molecule has 0 spiro atoms. The van der Waals surface area contributed by atoms with Crippen molar-refractivity contribution in [2.45, 2.75) is 0 Å². The van der Waals surface area contributed by atoms with Gasteiger partial charge in [0.25, 0.3) is 11.8 Å². The van der Waals surface area contributed by atoms with Crippen LogP contribution in [0.15, 0.2) is 72.8 Å². The Morgan fingerprint density at radius 3 is 1.85 bits per heavy atom. The lowest BCUT2D eigenvalue weighted by Crippen LogP contribution is -2.14. The first-order chi connectivity index (χ1) is 12.5. The van der Waals surface area contributed by atoms with Gasteiger partial charge in [0, 0.05) is 33.9 Å². The molecular formula is C20H18N4O2. The highest BCUT2D eigenvalue weighted by Crippen LogP contribution is 2.16. The van der Waals surface area contributed by atoms with Crippen LogP contribution in [0.5, 0.6) is 0 Å². The van der Waals surface area contributed by atoms with Crippen molar-refractivity contribution in [3.05, 3.63) is 83.9 Å². The van der Waals surface area contributed by atoms with Crippen molar-refractivity contribution >= 4 is 34.6 Å². The van der Waals surface area contributed by atoms with E-state index in [9.17, 15) is 9.59 Å². The van der Waals surface area contributed by atoms with Crippen LogP contribution in [0.2, 0.25) is 0 Å². The number of amides is 2. The number of hydrogen-bond donors (Lipinski definition) is 4. The molecule has 0 aliphatic rings. The van der Waals surface area contributed by atoms with Gasteiger partial charge in [0.05, 0.1) is 0 Å². The summed E-state index contributed by atoms with van der Waals surface area (Å²) in [5.41, 5.74) is 14.5. The molecular weight excluding hydrogens is 328 g/mol. The molecule has 6 nitrogen and oxygen atoms in total. The van der Waals surface area contributed by atoms with E-state index in [0.29, 0.717) is 33.9 Å². The van der Waals surface area contributed by atoms with E-state index < -0.39 is 0 Å². The molecule has 3 aromatic carbocycles. The molecule has 0 aliphatic heterocycles. The number of anilines is 4.